The molecule has 3 aliphatic carbocycles. The summed E-state index contributed by atoms with van der Waals surface area (Å²) in [6, 6.07) is 3.06. The normalized spacial score (nSPS) is 38.9. The van der Waals surface area contributed by atoms with Crippen LogP contribution in [0.4, 0.5) is 4.39 Å². The number of ether oxygens (including phenoxy) is 3. The Hall–Kier alpha value is -1.62. The Morgan fingerprint density at radius 2 is 1.98 bits per heavy atom. The highest BCUT2D eigenvalue weighted by molar-refractivity contribution is 7.98. The van der Waals surface area contributed by atoms with E-state index in [9.17, 15) is 14.6 Å². The van der Waals surface area contributed by atoms with Gasteiger partial charge in [-0.3, -0.25) is 4.79 Å². The van der Waals surface area contributed by atoms with Crippen LogP contribution in [0.15, 0.2) is 12.1 Å². The van der Waals surface area contributed by atoms with E-state index in [-0.39, 0.29) is 52.9 Å². The van der Waals surface area contributed by atoms with Gasteiger partial charge in [-0.2, -0.15) is 11.8 Å². The van der Waals surface area contributed by atoms with Gasteiger partial charge in [-0.1, -0.05) is 33.8 Å². The van der Waals surface area contributed by atoms with E-state index in [0.29, 0.717) is 17.7 Å². The molecule has 3 fully saturated rings. The number of methoxy groups -OCH3 is 1. The van der Waals surface area contributed by atoms with E-state index >= 15 is 4.39 Å². The fourth-order valence-corrected chi connectivity index (χ4v) is 9.71. The van der Waals surface area contributed by atoms with Gasteiger partial charge in [-0.25, -0.2) is 9.18 Å². The van der Waals surface area contributed by atoms with E-state index in [1.165, 1.54) is 6.07 Å². The molecule has 0 unspecified atom stereocenters. The molecule has 0 amide bonds. The molecular weight excluding hydrogens is 534 g/mol. The molecule has 0 spiro atoms. The van der Waals surface area contributed by atoms with Crippen LogP contribution in [0, 0.1) is 39.8 Å². The maximum absolute atomic E-state index is 15.0. The first-order valence-electron chi connectivity index (χ1n) is 14.4. The lowest BCUT2D eigenvalue weighted by Crippen LogP contribution is -2.63. The zero-order valence-electron chi connectivity index (χ0n) is 24.5. The largest absolute Gasteiger partial charge is 0.494 e. The zero-order valence-corrected chi connectivity index (χ0v) is 25.3. The third-order valence-electron chi connectivity index (χ3n) is 11.1. The second kappa shape index (κ2) is 10.9. The van der Waals surface area contributed by atoms with Gasteiger partial charge < -0.3 is 23.9 Å². The zero-order chi connectivity index (χ0) is 29.0. The van der Waals surface area contributed by atoms with Crippen LogP contribution in [-0.2, 0) is 30.3 Å². The smallest absolute Gasteiger partial charge is 0.479 e. The Morgan fingerprint density at radius 3 is 2.67 bits per heavy atom. The van der Waals surface area contributed by atoms with Crippen LogP contribution in [0.1, 0.15) is 65.4 Å². The molecule has 1 aromatic rings. The number of hydrogen-bond acceptors (Lipinski definition) is 8. The number of esters is 1. The van der Waals surface area contributed by atoms with Crippen molar-refractivity contribution >= 4 is 36.1 Å². The minimum Gasteiger partial charge on any atom is -0.479 e. The lowest BCUT2D eigenvalue weighted by atomic mass is 9.44. The molecule has 0 radical (unpaired) electrons. The van der Waals surface area contributed by atoms with Crippen molar-refractivity contribution in [3.63, 3.8) is 0 Å². The molecule has 220 valence electrons. The van der Waals surface area contributed by atoms with Crippen LogP contribution in [0.2, 0.25) is 0 Å². The van der Waals surface area contributed by atoms with Crippen LogP contribution in [0.5, 0.6) is 5.75 Å². The number of thioether (sulfide) groups is 1. The second-order valence-corrected chi connectivity index (χ2v) is 13.9. The van der Waals surface area contributed by atoms with Crippen molar-refractivity contribution in [1.82, 2.24) is 0 Å². The number of ketones is 1. The minimum absolute atomic E-state index is 0.0143. The van der Waals surface area contributed by atoms with Crippen molar-refractivity contribution in [2.45, 2.75) is 78.6 Å². The molecule has 10 heteroatoms. The maximum atomic E-state index is 15.0. The minimum atomic E-state index is -1.36. The summed E-state index contributed by atoms with van der Waals surface area (Å²) in [5, 5.41) is 9.97. The highest BCUT2D eigenvalue weighted by Gasteiger charge is 2.68. The number of halogens is 1. The summed E-state index contributed by atoms with van der Waals surface area (Å²) in [6.07, 6.45) is 5.61. The topological polar surface area (TPSA) is 91.3 Å². The number of rotatable bonds is 7. The summed E-state index contributed by atoms with van der Waals surface area (Å²) in [5.74, 6) is -0.381. The SMILES string of the molecule is CO[C@@H]1CC[C@@]23CC[C@H](C)[C@@](C)([C@H](OC(=O)COc4ccc5c(c4F)B(O)OC5)C[C@@](C)(CSC)C(=O)[C@@H]2C)[C@@H]13. The Balaban J connectivity index is 1.46. The van der Waals surface area contributed by atoms with Crippen LogP contribution < -0.4 is 10.2 Å². The molecule has 0 saturated heterocycles. The molecule has 1 N–H and O–H groups in total. The first kappa shape index (κ1) is 29.9. The van der Waals surface area contributed by atoms with Gasteiger partial charge in [0.15, 0.2) is 18.2 Å². The standard InChI is InChI=1S/C30H42BFO7S/c1-17-9-11-30-12-10-21(36-5)26(30)29(17,4)22(13-28(3,16-40-6)27(34)18(30)2)39-23(33)15-37-20-8-7-19-14-38-31(35)24(19)25(20)32/h7-8,17-18,21-22,26,35H,9-16H2,1-6H3/t17-,18-,21+,22+,26+,28-,29-,30-/m0/s1. The van der Waals surface area contributed by atoms with Gasteiger partial charge in [0.05, 0.1) is 12.7 Å². The summed E-state index contributed by atoms with van der Waals surface area (Å²) in [6.45, 7) is 8.24. The Bertz CT molecular complexity index is 1170. The van der Waals surface area contributed by atoms with E-state index in [1.807, 2.05) is 13.2 Å². The van der Waals surface area contributed by atoms with Crippen LogP contribution in [0.25, 0.3) is 0 Å². The summed E-state index contributed by atoms with van der Waals surface area (Å²) in [5.41, 5.74) is -0.683. The third kappa shape index (κ3) is 4.52. The molecule has 2 bridgehead atoms. The second-order valence-electron chi connectivity index (χ2n) is 13.0. The van der Waals surface area contributed by atoms with E-state index in [0.717, 1.165) is 25.7 Å². The van der Waals surface area contributed by atoms with Gasteiger partial charge >= 0.3 is 13.1 Å². The van der Waals surface area contributed by atoms with Gasteiger partial charge in [-0.05, 0) is 61.3 Å². The summed E-state index contributed by atoms with van der Waals surface area (Å²) in [4.78, 5) is 27.6. The van der Waals surface area contributed by atoms with Gasteiger partial charge in [0.1, 0.15) is 11.9 Å². The van der Waals surface area contributed by atoms with Gasteiger partial charge in [0.2, 0.25) is 0 Å². The number of benzene rings is 1. The molecule has 0 aromatic heterocycles. The van der Waals surface area contributed by atoms with Gasteiger partial charge in [0, 0.05) is 41.0 Å². The highest BCUT2D eigenvalue weighted by atomic mass is 32.2. The van der Waals surface area contributed by atoms with Crippen molar-refractivity contribution < 1.29 is 37.9 Å². The van der Waals surface area contributed by atoms with E-state index in [2.05, 4.69) is 20.8 Å². The van der Waals surface area contributed by atoms with Crippen LogP contribution >= 0.6 is 11.8 Å². The molecule has 40 heavy (non-hydrogen) atoms. The highest BCUT2D eigenvalue weighted by Crippen LogP contribution is 2.68. The summed E-state index contributed by atoms with van der Waals surface area (Å²) < 4.78 is 38.1. The van der Waals surface area contributed by atoms with E-state index in [1.54, 1.807) is 24.9 Å². The predicted octanol–water partition coefficient (Wildman–Crippen LogP) is 4.16. The predicted molar refractivity (Wildman–Crippen MR) is 152 cm³/mol. The molecule has 4 aliphatic rings. The van der Waals surface area contributed by atoms with Gasteiger partial charge in [0.25, 0.3) is 0 Å². The molecule has 5 rings (SSSR count). The number of carbonyl (C=O) groups excluding carboxylic acids is 2. The average Bonchev–Trinajstić information content (AvgIpc) is 3.51. The monoisotopic (exact) mass is 576 g/mol. The molecule has 1 heterocycles. The molecule has 3 saturated carbocycles. The lowest BCUT2D eigenvalue weighted by Gasteiger charge is -2.61. The Morgan fingerprint density at radius 1 is 1.25 bits per heavy atom. The van der Waals surface area contributed by atoms with Gasteiger partial charge in [-0.15, -0.1) is 0 Å². The Kier molecular flexibility index (Phi) is 8.14. The fourth-order valence-electron chi connectivity index (χ4n) is 8.81. The van der Waals surface area contributed by atoms with Crippen LogP contribution in [0.3, 0.4) is 0 Å². The van der Waals surface area contributed by atoms with Crippen molar-refractivity contribution in [1.29, 1.82) is 0 Å². The molecular formula is C30H42BFO7S. The van der Waals surface area contributed by atoms with E-state index < -0.39 is 42.4 Å². The quantitative estimate of drug-likeness (QED) is 0.383. The van der Waals surface area contributed by atoms with E-state index in [4.69, 9.17) is 18.9 Å². The van der Waals surface area contributed by atoms with Crippen molar-refractivity contribution in [2.75, 3.05) is 25.7 Å². The molecule has 7 nitrogen and oxygen atoms in total. The number of carbonyl (C=O) groups is 2. The molecule has 1 aromatic carbocycles. The first-order chi connectivity index (χ1) is 18.9. The average molecular weight is 577 g/mol. The summed E-state index contributed by atoms with van der Waals surface area (Å²) >= 11 is 1.64. The summed E-state index contributed by atoms with van der Waals surface area (Å²) in [7, 11) is 0.390. The molecule has 1 aliphatic heterocycles. The lowest BCUT2D eigenvalue weighted by molar-refractivity contribution is -0.206. The van der Waals surface area contributed by atoms with Crippen LogP contribution in [-0.4, -0.2) is 61.8 Å². The van der Waals surface area contributed by atoms with Crippen molar-refractivity contribution in [2.24, 2.45) is 34.0 Å². The first-order valence-corrected chi connectivity index (χ1v) is 15.8. The van der Waals surface area contributed by atoms with Crippen molar-refractivity contribution in [3.05, 3.63) is 23.5 Å². The third-order valence-corrected chi connectivity index (χ3v) is 12.0. The molecule has 8 atom stereocenters. The number of Topliss-reactive ketones (excluding diaryl/α,β-unsaturated/α-hetero) is 1. The Labute approximate surface area is 241 Å². The number of fused-ring (bicyclic) bond motifs is 1. The fraction of sp³-hybridized carbons (Fsp3) is 0.733. The van der Waals surface area contributed by atoms with Crippen molar-refractivity contribution in [3.8, 4) is 5.75 Å². The maximum Gasteiger partial charge on any atom is 0.494 e. The number of hydrogen-bond donors (Lipinski definition) is 1.